The van der Waals surface area contributed by atoms with E-state index in [4.69, 9.17) is 0 Å². The Kier molecular flexibility index (Phi) is 4.43. The Morgan fingerprint density at radius 3 is 2.10 bits per heavy atom. The van der Waals surface area contributed by atoms with Gasteiger partial charge in [-0.15, -0.1) is 0 Å². The number of carbonyl (C=O) groups excluding carboxylic acids is 1. The van der Waals surface area contributed by atoms with Gasteiger partial charge in [-0.2, -0.15) is 0 Å². The maximum atomic E-state index is 12.3. The molecule has 2 aromatic carbocycles. The van der Waals surface area contributed by atoms with Crippen LogP contribution in [-0.2, 0) is 16.4 Å². The van der Waals surface area contributed by atoms with Gasteiger partial charge in [0.15, 0.2) is 9.84 Å². The predicted octanol–water partition coefficient (Wildman–Crippen LogP) is 2.36. The molecule has 2 aromatic rings. The van der Waals surface area contributed by atoms with Gasteiger partial charge in [-0.3, -0.25) is 4.79 Å². The molecule has 2 rings (SSSR count). The van der Waals surface area contributed by atoms with Gasteiger partial charge in [-0.05, 0) is 29.8 Å². The van der Waals surface area contributed by atoms with Crippen LogP contribution >= 0.6 is 0 Å². The van der Waals surface area contributed by atoms with E-state index in [1.165, 1.54) is 12.1 Å². The molecule has 0 aromatic heterocycles. The lowest BCUT2D eigenvalue weighted by atomic mass is 10.1. The third kappa shape index (κ3) is 3.92. The highest BCUT2D eigenvalue weighted by Gasteiger charge is 2.13. The van der Waals surface area contributed by atoms with Gasteiger partial charge >= 0.3 is 0 Å². The molecule has 0 unspecified atom stereocenters. The van der Waals surface area contributed by atoms with Crippen molar-refractivity contribution in [3.05, 3.63) is 65.7 Å². The molecular weight excluding hydrogens is 286 g/mol. The van der Waals surface area contributed by atoms with Gasteiger partial charge in [0.2, 0.25) is 0 Å². The number of amides is 1. The van der Waals surface area contributed by atoms with E-state index in [1.807, 2.05) is 30.3 Å². The second-order valence-electron chi connectivity index (χ2n) is 4.94. The summed E-state index contributed by atoms with van der Waals surface area (Å²) in [7, 11) is -1.52. The van der Waals surface area contributed by atoms with Crippen LogP contribution in [0.25, 0.3) is 0 Å². The monoisotopic (exact) mass is 303 g/mol. The summed E-state index contributed by atoms with van der Waals surface area (Å²) in [5.74, 6) is -0.140. The minimum absolute atomic E-state index is 0.140. The Morgan fingerprint density at radius 2 is 1.57 bits per heavy atom. The SMILES string of the molecule is CN(Cc1ccccc1)C(=O)c1ccc(S(C)(=O)=O)cc1. The molecule has 0 N–H and O–H groups in total. The Morgan fingerprint density at radius 1 is 1.00 bits per heavy atom. The smallest absolute Gasteiger partial charge is 0.253 e. The maximum Gasteiger partial charge on any atom is 0.253 e. The van der Waals surface area contributed by atoms with Crippen LogP contribution in [0.15, 0.2) is 59.5 Å². The van der Waals surface area contributed by atoms with Crippen molar-refractivity contribution in [2.75, 3.05) is 13.3 Å². The molecule has 0 heterocycles. The number of nitrogens with zero attached hydrogens (tertiary/aromatic N) is 1. The van der Waals surface area contributed by atoms with Crippen LogP contribution in [-0.4, -0.2) is 32.5 Å². The van der Waals surface area contributed by atoms with Crippen molar-refractivity contribution in [2.45, 2.75) is 11.4 Å². The fourth-order valence-electron chi connectivity index (χ4n) is 1.99. The van der Waals surface area contributed by atoms with Gasteiger partial charge in [0, 0.05) is 25.4 Å². The Labute approximate surface area is 124 Å². The lowest BCUT2D eigenvalue weighted by Crippen LogP contribution is -2.26. The standard InChI is InChI=1S/C16H17NO3S/c1-17(12-13-6-4-3-5-7-13)16(18)14-8-10-15(11-9-14)21(2,19)20/h3-11H,12H2,1-2H3. The van der Waals surface area contributed by atoms with Crippen molar-refractivity contribution in [1.82, 2.24) is 4.90 Å². The Balaban J connectivity index is 2.13. The molecule has 1 amide bonds. The average molecular weight is 303 g/mol. The highest BCUT2D eigenvalue weighted by Crippen LogP contribution is 2.13. The first-order valence-electron chi connectivity index (χ1n) is 6.47. The van der Waals surface area contributed by atoms with Crippen LogP contribution in [0.5, 0.6) is 0 Å². The number of benzene rings is 2. The first-order chi connectivity index (χ1) is 9.88. The van der Waals surface area contributed by atoms with Crippen molar-refractivity contribution >= 4 is 15.7 Å². The van der Waals surface area contributed by atoms with E-state index in [2.05, 4.69) is 0 Å². The van der Waals surface area contributed by atoms with Crippen molar-refractivity contribution in [3.63, 3.8) is 0 Å². The Hall–Kier alpha value is -2.14. The largest absolute Gasteiger partial charge is 0.337 e. The average Bonchev–Trinajstić information content (AvgIpc) is 2.46. The van der Waals surface area contributed by atoms with E-state index in [0.717, 1.165) is 11.8 Å². The maximum absolute atomic E-state index is 12.3. The minimum Gasteiger partial charge on any atom is -0.337 e. The molecule has 5 heteroatoms. The fraction of sp³-hybridized carbons (Fsp3) is 0.188. The van der Waals surface area contributed by atoms with Crippen molar-refractivity contribution in [1.29, 1.82) is 0 Å². The summed E-state index contributed by atoms with van der Waals surface area (Å²) in [6.45, 7) is 0.507. The second-order valence-corrected chi connectivity index (χ2v) is 6.96. The number of hydrogen-bond acceptors (Lipinski definition) is 3. The molecule has 0 saturated carbocycles. The van der Waals surface area contributed by atoms with Gasteiger partial charge < -0.3 is 4.90 Å². The summed E-state index contributed by atoms with van der Waals surface area (Å²) in [4.78, 5) is 14.1. The summed E-state index contributed by atoms with van der Waals surface area (Å²) in [5.41, 5.74) is 1.52. The summed E-state index contributed by atoms with van der Waals surface area (Å²) >= 11 is 0. The zero-order valence-corrected chi connectivity index (χ0v) is 12.8. The van der Waals surface area contributed by atoms with E-state index in [1.54, 1.807) is 24.1 Å². The van der Waals surface area contributed by atoms with Gasteiger partial charge in [0.25, 0.3) is 5.91 Å². The third-order valence-corrected chi connectivity index (χ3v) is 4.27. The number of sulfone groups is 1. The molecule has 4 nitrogen and oxygen atoms in total. The first-order valence-corrected chi connectivity index (χ1v) is 8.36. The highest BCUT2D eigenvalue weighted by atomic mass is 32.2. The van der Waals surface area contributed by atoms with E-state index < -0.39 is 9.84 Å². The topological polar surface area (TPSA) is 54.5 Å². The summed E-state index contributed by atoms with van der Waals surface area (Å²) in [6.07, 6.45) is 1.14. The van der Waals surface area contributed by atoms with Crippen LogP contribution in [0.1, 0.15) is 15.9 Å². The molecule has 0 radical (unpaired) electrons. The van der Waals surface area contributed by atoms with Crippen LogP contribution in [0.3, 0.4) is 0 Å². The van der Waals surface area contributed by atoms with E-state index in [-0.39, 0.29) is 10.8 Å². The first kappa shape index (κ1) is 15.3. The lowest BCUT2D eigenvalue weighted by Gasteiger charge is -2.17. The van der Waals surface area contributed by atoms with Crippen molar-refractivity contribution < 1.29 is 13.2 Å². The lowest BCUT2D eigenvalue weighted by molar-refractivity contribution is 0.0785. The molecule has 0 aliphatic carbocycles. The number of carbonyl (C=O) groups is 1. The Bertz CT molecular complexity index is 722. The molecule has 0 saturated heterocycles. The second kappa shape index (κ2) is 6.10. The summed E-state index contributed by atoms with van der Waals surface area (Å²) in [5, 5.41) is 0. The van der Waals surface area contributed by atoms with Crippen LogP contribution in [0.4, 0.5) is 0 Å². The number of rotatable bonds is 4. The molecule has 0 aliphatic rings. The molecule has 0 bridgehead atoms. The van der Waals surface area contributed by atoms with Gasteiger partial charge in [-0.25, -0.2) is 8.42 Å². The number of hydrogen-bond donors (Lipinski definition) is 0. The van der Waals surface area contributed by atoms with E-state index >= 15 is 0 Å². The normalized spacial score (nSPS) is 11.1. The third-order valence-electron chi connectivity index (χ3n) is 3.14. The molecule has 110 valence electrons. The minimum atomic E-state index is -3.24. The molecule has 0 aliphatic heterocycles. The zero-order chi connectivity index (χ0) is 15.5. The van der Waals surface area contributed by atoms with Crippen LogP contribution < -0.4 is 0 Å². The van der Waals surface area contributed by atoms with Gasteiger partial charge in [0.1, 0.15) is 0 Å². The van der Waals surface area contributed by atoms with Gasteiger partial charge in [-0.1, -0.05) is 30.3 Å². The summed E-state index contributed by atoms with van der Waals surface area (Å²) in [6, 6.07) is 15.7. The van der Waals surface area contributed by atoms with Gasteiger partial charge in [0.05, 0.1) is 4.90 Å². The predicted molar refractivity (Wildman–Crippen MR) is 81.8 cm³/mol. The van der Waals surface area contributed by atoms with E-state index in [0.29, 0.717) is 12.1 Å². The fourth-order valence-corrected chi connectivity index (χ4v) is 2.62. The quantitative estimate of drug-likeness (QED) is 0.871. The van der Waals surface area contributed by atoms with Crippen LogP contribution in [0, 0.1) is 0 Å². The van der Waals surface area contributed by atoms with Crippen LogP contribution in [0.2, 0.25) is 0 Å². The van der Waals surface area contributed by atoms with E-state index in [9.17, 15) is 13.2 Å². The molecule has 0 fully saturated rings. The van der Waals surface area contributed by atoms with Crippen molar-refractivity contribution in [2.24, 2.45) is 0 Å². The molecule has 21 heavy (non-hydrogen) atoms. The molecule has 0 spiro atoms. The van der Waals surface area contributed by atoms with Crippen molar-refractivity contribution in [3.8, 4) is 0 Å². The molecular formula is C16H17NO3S. The zero-order valence-electron chi connectivity index (χ0n) is 12.0. The highest BCUT2D eigenvalue weighted by molar-refractivity contribution is 7.90. The molecule has 0 atom stereocenters. The summed E-state index contributed by atoms with van der Waals surface area (Å²) < 4.78 is 22.8.